The fraction of sp³-hybridized carbons (Fsp3) is 0.889. The van der Waals surface area contributed by atoms with Crippen molar-refractivity contribution in [1.29, 1.82) is 0 Å². The molecule has 0 heterocycles. The molecule has 0 aromatic carbocycles. The average Bonchev–Trinajstić information content (AvgIpc) is 2.16. The third-order valence-corrected chi connectivity index (χ3v) is 2.24. The van der Waals surface area contributed by atoms with Gasteiger partial charge in [-0.1, -0.05) is 19.3 Å². The first-order valence-corrected chi connectivity index (χ1v) is 5.30. The van der Waals surface area contributed by atoms with E-state index >= 15 is 0 Å². The van der Waals surface area contributed by atoms with Gasteiger partial charge in [0.1, 0.15) is 6.04 Å². The number of methoxy groups -OCH3 is 1. The second-order valence-electron chi connectivity index (χ2n) is 3.06. The zero-order valence-electron chi connectivity index (χ0n) is 8.16. The summed E-state index contributed by atoms with van der Waals surface area (Å²) >= 11 is 4.11. The summed E-state index contributed by atoms with van der Waals surface area (Å²) in [6, 6.07) is -0.444. The first kappa shape index (κ1) is 12.8. The Morgan fingerprint density at radius 3 is 2.54 bits per heavy atom. The minimum absolute atomic E-state index is 0.311. The molecule has 0 spiro atoms. The number of carbonyl (C=O) groups excluding carboxylic acids is 1. The molecule has 0 bridgehead atoms. The SMILES string of the molecule is COC(=O)C(N)CCCCCCS. The van der Waals surface area contributed by atoms with E-state index in [4.69, 9.17) is 5.73 Å². The molecule has 1 unspecified atom stereocenters. The zero-order valence-corrected chi connectivity index (χ0v) is 9.06. The van der Waals surface area contributed by atoms with Gasteiger partial charge in [-0.3, -0.25) is 4.79 Å². The maximum Gasteiger partial charge on any atom is 0.322 e. The molecule has 0 saturated carbocycles. The summed E-state index contributed by atoms with van der Waals surface area (Å²) in [5, 5.41) is 0. The number of ether oxygens (including phenoxy) is 1. The molecule has 0 aliphatic rings. The van der Waals surface area contributed by atoms with Crippen molar-refractivity contribution in [3.63, 3.8) is 0 Å². The minimum Gasteiger partial charge on any atom is -0.468 e. The molecule has 0 fully saturated rings. The quantitative estimate of drug-likeness (QED) is 0.375. The van der Waals surface area contributed by atoms with E-state index in [9.17, 15) is 4.79 Å². The Hall–Kier alpha value is -0.220. The van der Waals surface area contributed by atoms with Crippen LogP contribution in [0.5, 0.6) is 0 Å². The highest BCUT2D eigenvalue weighted by Crippen LogP contribution is 2.05. The Balaban J connectivity index is 3.26. The second-order valence-corrected chi connectivity index (χ2v) is 3.50. The van der Waals surface area contributed by atoms with Crippen molar-refractivity contribution in [2.24, 2.45) is 5.73 Å². The number of rotatable bonds is 7. The highest BCUT2D eigenvalue weighted by Gasteiger charge is 2.11. The van der Waals surface area contributed by atoms with E-state index in [1.54, 1.807) is 0 Å². The summed E-state index contributed by atoms with van der Waals surface area (Å²) in [5.74, 6) is 0.623. The highest BCUT2D eigenvalue weighted by molar-refractivity contribution is 7.80. The van der Waals surface area contributed by atoms with Crippen molar-refractivity contribution in [2.75, 3.05) is 12.9 Å². The minimum atomic E-state index is -0.444. The normalized spacial score (nSPS) is 12.5. The van der Waals surface area contributed by atoms with Gasteiger partial charge >= 0.3 is 5.97 Å². The Morgan fingerprint density at radius 1 is 1.38 bits per heavy atom. The summed E-state index contributed by atoms with van der Waals surface area (Å²) in [6.45, 7) is 0. The maximum absolute atomic E-state index is 10.9. The topological polar surface area (TPSA) is 52.3 Å². The fourth-order valence-electron chi connectivity index (χ4n) is 1.10. The third kappa shape index (κ3) is 6.90. The maximum atomic E-state index is 10.9. The Bertz CT molecular complexity index is 142. The molecular weight excluding hydrogens is 186 g/mol. The molecule has 0 radical (unpaired) electrons. The van der Waals surface area contributed by atoms with Crippen LogP contribution in [-0.4, -0.2) is 24.9 Å². The smallest absolute Gasteiger partial charge is 0.322 e. The lowest BCUT2D eigenvalue weighted by molar-refractivity contribution is -0.142. The molecule has 0 rings (SSSR count). The number of unbranched alkanes of at least 4 members (excludes halogenated alkanes) is 3. The number of hydrogen-bond acceptors (Lipinski definition) is 4. The molecule has 2 N–H and O–H groups in total. The lowest BCUT2D eigenvalue weighted by Gasteiger charge is -2.07. The van der Waals surface area contributed by atoms with Gasteiger partial charge in [0.25, 0.3) is 0 Å². The van der Waals surface area contributed by atoms with Crippen LogP contribution in [0.15, 0.2) is 0 Å². The first-order valence-electron chi connectivity index (χ1n) is 4.66. The van der Waals surface area contributed by atoms with Gasteiger partial charge in [0, 0.05) is 0 Å². The van der Waals surface area contributed by atoms with Crippen molar-refractivity contribution in [1.82, 2.24) is 0 Å². The van der Waals surface area contributed by atoms with Gasteiger partial charge in [0.05, 0.1) is 7.11 Å². The molecule has 13 heavy (non-hydrogen) atoms. The lowest BCUT2D eigenvalue weighted by atomic mass is 10.1. The van der Waals surface area contributed by atoms with Gasteiger partial charge in [0.2, 0.25) is 0 Å². The van der Waals surface area contributed by atoms with E-state index in [2.05, 4.69) is 17.4 Å². The first-order chi connectivity index (χ1) is 6.22. The van der Waals surface area contributed by atoms with Gasteiger partial charge in [-0.2, -0.15) is 12.6 Å². The summed E-state index contributed by atoms with van der Waals surface area (Å²) in [6.07, 6.45) is 5.13. The van der Waals surface area contributed by atoms with Crippen molar-refractivity contribution in [2.45, 2.75) is 38.1 Å². The van der Waals surface area contributed by atoms with Crippen molar-refractivity contribution in [3.8, 4) is 0 Å². The molecule has 0 amide bonds. The number of esters is 1. The number of nitrogens with two attached hydrogens (primary N) is 1. The second kappa shape index (κ2) is 8.38. The van der Waals surface area contributed by atoms with Crippen molar-refractivity contribution >= 4 is 18.6 Å². The molecule has 0 aliphatic heterocycles. The van der Waals surface area contributed by atoms with Crippen molar-refractivity contribution < 1.29 is 9.53 Å². The Kier molecular flexibility index (Phi) is 8.24. The third-order valence-electron chi connectivity index (χ3n) is 1.93. The predicted molar refractivity (Wildman–Crippen MR) is 56.9 cm³/mol. The van der Waals surface area contributed by atoms with Crippen molar-refractivity contribution in [3.05, 3.63) is 0 Å². The summed E-state index contributed by atoms with van der Waals surface area (Å²) in [7, 11) is 1.36. The van der Waals surface area contributed by atoms with Crippen LogP contribution in [0.2, 0.25) is 0 Å². The van der Waals surface area contributed by atoms with Crippen LogP contribution in [0.3, 0.4) is 0 Å². The fourth-order valence-corrected chi connectivity index (χ4v) is 1.32. The molecule has 4 heteroatoms. The average molecular weight is 205 g/mol. The van der Waals surface area contributed by atoms with Crippen LogP contribution in [0.1, 0.15) is 32.1 Å². The number of hydrogen-bond donors (Lipinski definition) is 2. The number of carbonyl (C=O) groups is 1. The molecular formula is C9H19NO2S. The van der Waals surface area contributed by atoms with E-state index in [1.807, 2.05) is 0 Å². The van der Waals surface area contributed by atoms with E-state index in [1.165, 1.54) is 7.11 Å². The van der Waals surface area contributed by atoms with Gasteiger partial charge in [-0.15, -0.1) is 0 Å². The van der Waals surface area contributed by atoms with E-state index in [-0.39, 0.29) is 5.97 Å². The summed E-state index contributed by atoms with van der Waals surface area (Å²) in [4.78, 5) is 10.9. The lowest BCUT2D eigenvalue weighted by Crippen LogP contribution is -2.31. The van der Waals surface area contributed by atoms with E-state index in [0.29, 0.717) is 0 Å². The zero-order chi connectivity index (χ0) is 10.1. The summed E-state index contributed by atoms with van der Waals surface area (Å²) < 4.78 is 4.51. The molecule has 1 atom stereocenters. The molecule has 0 aromatic rings. The monoisotopic (exact) mass is 205 g/mol. The largest absolute Gasteiger partial charge is 0.468 e. The van der Waals surface area contributed by atoms with E-state index in [0.717, 1.165) is 37.9 Å². The predicted octanol–water partition coefficient (Wildman–Crippen LogP) is 1.37. The van der Waals surface area contributed by atoms with Crippen LogP contribution < -0.4 is 5.73 Å². The van der Waals surface area contributed by atoms with Crippen LogP contribution in [0.25, 0.3) is 0 Å². The molecule has 3 nitrogen and oxygen atoms in total. The standard InChI is InChI=1S/C9H19NO2S/c1-12-9(11)8(10)6-4-2-3-5-7-13/h8,13H,2-7,10H2,1H3. The van der Waals surface area contributed by atoms with Crippen LogP contribution in [0.4, 0.5) is 0 Å². The summed E-state index contributed by atoms with van der Waals surface area (Å²) in [5.41, 5.74) is 5.55. The molecule has 78 valence electrons. The van der Waals surface area contributed by atoms with Crippen LogP contribution in [0, 0.1) is 0 Å². The number of thiol groups is 1. The van der Waals surface area contributed by atoms with Crippen LogP contribution >= 0.6 is 12.6 Å². The van der Waals surface area contributed by atoms with Gasteiger partial charge in [-0.25, -0.2) is 0 Å². The van der Waals surface area contributed by atoms with Gasteiger partial charge in [0.15, 0.2) is 0 Å². The van der Waals surface area contributed by atoms with Gasteiger partial charge < -0.3 is 10.5 Å². The molecule has 0 aliphatic carbocycles. The highest BCUT2D eigenvalue weighted by atomic mass is 32.1. The Labute approximate surface area is 85.4 Å². The molecule has 0 saturated heterocycles. The van der Waals surface area contributed by atoms with E-state index < -0.39 is 6.04 Å². The Morgan fingerprint density at radius 2 is 2.00 bits per heavy atom. The van der Waals surface area contributed by atoms with Gasteiger partial charge in [-0.05, 0) is 18.6 Å². The van der Waals surface area contributed by atoms with Crippen LogP contribution in [-0.2, 0) is 9.53 Å². The molecule has 0 aromatic heterocycles.